The average molecular weight is 450 g/mol. The summed E-state index contributed by atoms with van der Waals surface area (Å²) in [4.78, 5) is 12.2. The molecule has 2 rings (SSSR count). The number of amides is 1. The summed E-state index contributed by atoms with van der Waals surface area (Å²) in [5.41, 5.74) is 0.616. The van der Waals surface area contributed by atoms with Gasteiger partial charge in [-0.05, 0) is 48.4 Å². The van der Waals surface area contributed by atoms with E-state index >= 15 is 0 Å². The normalized spacial score (nSPS) is 11.6. The van der Waals surface area contributed by atoms with E-state index in [0.29, 0.717) is 27.2 Å². The topological polar surface area (TPSA) is 66.5 Å². The van der Waals surface area contributed by atoms with Gasteiger partial charge >= 0.3 is 0 Å². The highest BCUT2D eigenvalue weighted by Gasteiger charge is 2.27. The Hall–Kier alpha value is -1.31. The summed E-state index contributed by atoms with van der Waals surface area (Å²) in [5.74, 6) is -0.380. The van der Waals surface area contributed by atoms with Crippen molar-refractivity contribution < 1.29 is 13.2 Å². The van der Waals surface area contributed by atoms with Crippen LogP contribution in [0.2, 0.25) is 15.1 Å². The average Bonchev–Trinajstić information content (AvgIpc) is 2.62. The zero-order valence-corrected chi connectivity index (χ0v) is 17.7. The summed E-state index contributed by atoms with van der Waals surface area (Å²) in [5, 5.41) is 3.79. The van der Waals surface area contributed by atoms with Crippen molar-refractivity contribution in [2.24, 2.45) is 0 Å². The van der Waals surface area contributed by atoms with E-state index in [9.17, 15) is 13.2 Å². The molecule has 0 aliphatic rings. The number of sulfonamides is 1. The minimum absolute atomic E-state index is 0.0264. The third-order valence-corrected chi connectivity index (χ3v) is 6.48. The van der Waals surface area contributed by atoms with Gasteiger partial charge in [0, 0.05) is 18.1 Å². The lowest BCUT2D eigenvalue weighted by Crippen LogP contribution is -2.40. The maximum absolute atomic E-state index is 13.1. The minimum atomic E-state index is -3.92. The molecule has 0 aromatic heterocycles. The van der Waals surface area contributed by atoms with Crippen molar-refractivity contribution in [2.75, 3.05) is 13.1 Å². The van der Waals surface area contributed by atoms with E-state index in [0.717, 1.165) is 10.7 Å². The van der Waals surface area contributed by atoms with Crippen LogP contribution in [-0.4, -0.2) is 31.7 Å². The van der Waals surface area contributed by atoms with Crippen molar-refractivity contribution in [2.45, 2.75) is 24.8 Å². The van der Waals surface area contributed by atoms with Crippen LogP contribution in [0, 0.1) is 0 Å². The van der Waals surface area contributed by atoms with Gasteiger partial charge in [-0.15, -0.1) is 0 Å². The van der Waals surface area contributed by atoms with E-state index in [1.807, 2.05) is 6.92 Å². The lowest BCUT2D eigenvalue weighted by atomic mass is 10.2. The fourth-order valence-corrected chi connectivity index (χ4v) is 4.13. The van der Waals surface area contributed by atoms with Crippen LogP contribution >= 0.6 is 34.8 Å². The number of rotatable bonds is 8. The van der Waals surface area contributed by atoms with Gasteiger partial charge in [0.25, 0.3) is 0 Å². The van der Waals surface area contributed by atoms with Crippen LogP contribution < -0.4 is 5.32 Å². The quantitative estimate of drug-likeness (QED) is 0.651. The van der Waals surface area contributed by atoms with Gasteiger partial charge in [0.05, 0.1) is 21.5 Å². The molecular formula is C18H19Cl3N2O3S. The van der Waals surface area contributed by atoms with Crippen LogP contribution in [-0.2, 0) is 21.4 Å². The molecule has 0 fully saturated rings. The summed E-state index contributed by atoms with van der Waals surface area (Å²) in [7, 11) is -3.92. The Morgan fingerprint density at radius 1 is 1.04 bits per heavy atom. The summed E-state index contributed by atoms with van der Waals surface area (Å²) in [6.45, 7) is 2.05. The molecule has 9 heteroatoms. The Kier molecular flexibility index (Phi) is 7.94. The number of carbonyl (C=O) groups is 1. The number of benzene rings is 2. The largest absolute Gasteiger partial charge is 0.355 e. The fraction of sp³-hybridized carbons (Fsp3) is 0.278. The van der Waals surface area contributed by atoms with Gasteiger partial charge in [0.2, 0.25) is 15.9 Å². The zero-order valence-electron chi connectivity index (χ0n) is 14.6. The lowest BCUT2D eigenvalue weighted by Gasteiger charge is -2.22. The highest BCUT2D eigenvalue weighted by molar-refractivity contribution is 7.89. The minimum Gasteiger partial charge on any atom is -0.355 e. The molecule has 0 aliphatic carbocycles. The first-order valence-corrected chi connectivity index (χ1v) is 10.8. The fourth-order valence-electron chi connectivity index (χ4n) is 2.30. The van der Waals surface area contributed by atoms with Gasteiger partial charge in [-0.25, -0.2) is 8.42 Å². The van der Waals surface area contributed by atoms with E-state index in [4.69, 9.17) is 34.8 Å². The van der Waals surface area contributed by atoms with Crippen molar-refractivity contribution in [3.05, 3.63) is 63.1 Å². The molecule has 5 nitrogen and oxygen atoms in total. The molecule has 1 N–H and O–H groups in total. The van der Waals surface area contributed by atoms with Crippen molar-refractivity contribution in [3.63, 3.8) is 0 Å². The Bertz CT molecular complexity index is 903. The van der Waals surface area contributed by atoms with Gasteiger partial charge < -0.3 is 5.32 Å². The summed E-state index contributed by atoms with van der Waals surface area (Å²) >= 11 is 17.8. The second-order valence-corrected chi connectivity index (χ2v) is 9.01. The van der Waals surface area contributed by atoms with Gasteiger partial charge in [0.15, 0.2) is 0 Å². The summed E-state index contributed by atoms with van der Waals surface area (Å²) in [6.07, 6.45) is 0.752. The molecule has 2 aromatic rings. The number of hydrogen-bond donors (Lipinski definition) is 1. The smallest absolute Gasteiger partial charge is 0.243 e. The predicted molar refractivity (Wildman–Crippen MR) is 109 cm³/mol. The van der Waals surface area contributed by atoms with E-state index in [1.54, 1.807) is 18.2 Å². The van der Waals surface area contributed by atoms with Crippen molar-refractivity contribution in [1.29, 1.82) is 0 Å². The van der Waals surface area contributed by atoms with Crippen molar-refractivity contribution in [1.82, 2.24) is 9.62 Å². The van der Waals surface area contributed by atoms with Crippen molar-refractivity contribution in [3.8, 4) is 0 Å². The molecule has 0 heterocycles. The highest BCUT2D eigenvalue weighted by Crippen LogP contribution is 2.25. The number of nitrogens with zero attached hydrogens (tertiary/aromatic N) is 1. The van der Waals surface area contributed by atoms with Crippen LogP contribution in [0.25, 0.3) is 0 Å². The molecule has 0 radical (unpaired) electrons. The van der Waals surface area contributed by atoms with E-state index in [1.165, 1.54) is 24.3 Å². The molecule has 1 amide bonds. The van der Waals surface area contributed by atoms with Gasteiger partial charge in [-0.2, -0.15) is 4.31 Å². The van der Waals surface area contributed by atoms with E-state index < -0.39 is 10.0 Å². The van der Waals surface area contributed by atoms with Gasteiger partial charge in [-0.3, -0.25) is 4.79 Å². The lowest BCUT2D eigenvalue weighted by molar-refractivity contribution is -0.121. The summed E-state index contributed by atoms with van der Waals surface area (Å²) in [6, 6.07) is 10.6. The van der Waals surface area contributed by atoms with Crippen LogP contribution in [0.4, 0.5) is 0 Å². The van der Waals surface area contributed by atoms with Crippen LogP contribution in [0.5, 0.6) is 0 Å². The van der Waals surface area contributed by atoms with E-state index in [-0.39, 0.29) is 23.9 Å². The molecule has 0 saturated heterocycles. The van der Waals surface area contributed by atoms with Crippen LogP contribution in [0.15, 0.2) is 47.4 Å². The predicted octanol–water partition coefficient (Wildman–Crippen LogP) is 4.36. The molecule has 0 spiro atoms. The molecule has 0 unspecified atom stereocenters. The molecule has 2 aromatic carbocycles. The SMILES string of the molecule is CCCNC(=O)CN(Cc1ccc(Cl)c(Cl)c1)S(=O)(=O)c1ccc(Cl)cc1. The second kappa shape index (κ2) is 9.75. The molecule has 0 aliphatic heterocycles. The molecule has 27 heavy (non-hydrogen) atoms. The standard InChI is InChI=1S/C18H19Cl3N2O3S/c1-2-9-22-18(24)12-23(11-13-3-8-16(20)17(21)10-13)27(25,26)15-6-4-14(19)5-7-15/h3-8,10H,2,9,11-12H2,1H3,(H,22,24). The molecule has 0 saturated carbocycles. The molecule has 146 valence electrons. The summed E-state index contributed by atoms with van der Waals surface area (Å²) < 4.78 is 27.2. The third kappa shape index (κ3) is 6.09. The highest BCUT2D eigenvalue weighted by atomic mass is 35.5. The molecule has 0 bridgehead atoms. The third-order valence-electron chi connectivity index (χ3n) is 3.69. The van der Waals surface area contributed by atoms with Gasteiger partial charge in [-0.1, -0.05) is 47.8 Å². The van der Waals surface area contributed by atoms with Crippen molar-refractivity contribution >= 4 is 50.7 Å². The Labute approximate surface area is 174 Å². The Balaban J connectivity index is 2.34. The monoisotopic (exact) mass is 448 g/mol. The molecular weight excluding hydrogens is 431 g/mol. The molecule has 0 atom stereocenters. The Morgan fingerprint density at radius 2 is 1.70 bits per heavy atom. The number of nitrogens with one attached hydrogen (secondary N) is 1. The van der Waals surface area contributed by atoms with Crippen LogP contribution in [0.1, 0.15) is 18.9 Å². The second-order valence-electron chi connectivity index (χ2n) is 5.83. The first-order valence-electron chi connectivity index (χ1n) is 8.20. The number of carbonyl (C=O) groups excluding carboxylic acids is 1. The first kappa shape index (κ1) is 22.0. The van der Waals surface area contributed by atoms with E-state index in [2.05, 4.69) is 5.32 Å². The maximum atomic E-state index is 13.1. The number of hydrogen-bond acceptors (Lipinski definition) is 3. The zero-order chi connectivity index (χ0) is 20.0. The maximum Gasteiger partial charge on any atom is 0.243 e. The van der Waals surface area contributed by atoms with Crippen LogP contribution in [0.3, 0.4) is 0 Å². The van der Waals surface area contributed by atoms with Gasteiger partial charge in [0.1, 0.15) is 0 Å². The first-order chi connectivity index (χ1) is 12.7. The Morgan fingerprint density at radius 3 is 2.30 bits per heavy atom. The number of halogens is 3.